The van der Waals surface area contributed by atoms with Crippen molar-refractivity contribution in [1.29, 1.82) is 0 Å². The molecule has 0 bridgehead atoms. The minimum atomic E-state index is -0.0431. The molecule has 1 aromatic carbocycles. The Morgan fingerprint density at radius 3 is 2.93 bits per heavy atom. The van der Waals surface area contributed by atoms with Crippen molar-refractivity contribution in [2.45, 2.75) is 13.8 Å². The first-order valence-electron chi connectivity index (χ1n) is 5.16. The van der Waals surface area contributed by atoms with Crippen molar-refractivity contribution in [2.75, 3.05) is 19.8 Å². The van der Waals surface area contributed by atoms with Crippen molar-refractivity contribution >= 4 is 5.91 Å². The number of amides is 1. The van der Waals surface area contributed by atoms with E-state index < -0.39 is 0 Å². The third kappa shape index (κ3) is 4.13. The summed E-state index contributed by atoms with van der Waals surface area (Å²) in [5.74, 6) is -0.0431. The molecule has 1 rings (SSSR count). The van der Waals surface area contributed by atoms with Gasteiger partial charge in [0.05, 0.1) is 6.61 Å². The number of ether oxygens (including phenoxy) is 1. The molecule has 0 aromatic heterocycles. The van der Waals surface area contributed by atoms with Crippen LogP contribution in [0.1, 0.15) is 22.8 Å². The highest BCUT2D eigenvalue weighted by Gasteiger charge is 2.03. The Labute approximate surface area is 90.4 Å². The second-order valence-electron chi connectivity index (χ2n) is 3.32. The van der Waals surface area contributed by atoms with Crippen LogP contribution in [0.25, 0.3) is 0 Å². The molecule has 0 fully saturated rings. The fourth-order valence-corrected chi connectivity index (χ4v) is 1.27. The van der Waals surface area contributed by atoms with Crippen LogP contribution in [-0.2, 0) is 4.74 Å². The number of carbonyl (C=O) groups excluding carboxylic acids is 1. The van der Waals surface area contributed by atoms with Gasteiger partial charge in [-0.1, -0.05) is 17.7 Å². The van der Waals surface area contributed by atoms with Crippen LogP contribution in [0, 0.1) is 6.92 Å². The van der Waals surface area contributed by atoms with E-state index >= 15 is 0 Å². The van der Waals surface area contributed by atoms with Crippen molar-refractivity contribution in [1.82, 2.24) is 5.32 Å². The third-order valence-corrected chi connectivity index (χ3v) is 2.02. The van der Waals surface area contributed by atoms with Crippen molar-refractivity contribution in [3.8, 4) is 0 Å². The number of aryl methyl sites for hydroxylation is 1. The van der Waals surface area contributed by atoms with Gasteiger partial charge in [0, 0.05) is 18.7 Å². The summed E-state index contributed by atoms with van der Waals surface area (Å²) in [6.45, 7) is 5.70. The summed E-state index contributed by atoms with van der Waals surface area (Å²) in [7, 11) is 0. The molecule has 0 aliphatic carbocycles. The molecule has 0 saturated heterocycles. The smallest absolute Gasteiger partial charge is 0.251 e. The first-order chi connectivity index (χ1) is 7.24. The van der Waals surface area contributed by atoms with Gasteiger partial charge in [0.1, 0.15) is 0 Å². The SMILES string of the molecule is CCOCCNC(=O)c1cccc(C)c1. The molecule has 0 aliphatic rings. The van der Waals surface area contributed by atoms with E-state index in [1.54, 1.807) is 0 Å². The molecule has 15 heavy (non-hydrogen) atoms. The molecule has 0 saturated carbocycles. The fraction of sp³-hybridized carbons (Fsp3) is 0.417. The average molecular weight is 207 g/mol. The molecule has 0 spiro atoms. The predicted molar refractivity (Wildman–Crippen MR) is 60.0 cm³/mol. The minimum Gasteiger partial charge on any atom is -0.380 e. The van der Waals surface area contributed by atoms with E-state index in [0.717, 1.165) is 5.56 Å². The molecular weight excluding hydrogens is 190 g/mol. The summed E-state index contributed by atoms with van der Waals surface area (Å²) in [4.78, 5) is 11.6. The van der Waals surface area contributed by atoms with Gasteiger partial charge in [-0.15, -0.1) is 0 Å². The summed E-state index contributed by atoms with van der Waals surface area (Å²) in [6, 6.07) is 7.53. The number of benzene rings is 1. The molecule has 0 aliphatic heterocycles. The molecule has 0 atom stereocenters. The molecule has 1 aromatic rings. The average Bonchev–Trinajstić information content (AvgIpc) is 2.24. The van der Waals surface area contributed by atoms with Crippen molar-refractivity contribution < 1.29 is 9.53 Å². The molecule has 0 radical (unpaired) electrons. The van der Waals surface area contributed by atoms with E-state index in [1.807, 2.05) is 38.1 Å². The summed E-state index contributed by atoms with van der Waals surface area (Å²) in [5, 5.41) is 2.80. The van der Waals surface area contributed by atoms with Gasteiger partial charge in [-0.25, -0.2) is 0 Å². The van der Waals surface area contributed by atoms with Crippen LogP contribution in [0.3, 0.4) is 0 Å². The second kappa shape index (κ2) is 6.19. The lowest BCUT2D eigenvalue weighted by Gasteiger charge is -2.05. The second-order valence-corrected chi connectivity index (χ2v) is 3.32. The maximum Gasteiger partial charge on any atom is 0.251 e. The van der Waals surface area contributed by atoms with Crippen molar-refractivity contribution in [3.63, 3.8) is 0 Å². The topological polar surface area (TPSA) is 38.3 Å². The summed E-state index contributed by atoms with van der Waals surface area (Å²) >= 11 is 0. The maximum atomic E-state index is 11.6. The van der Waals surface area contributed by atoms with Crippen molar-refractivity contribution in [3.05, 3.63) is 35.4 Å². The highest BCUT2D eigenvalue weighted by molar-refractivity contribution is 5.94. The number of hydrogen-bond acceptors (Lipinski definition) is 2. The highest BCUT2D eigenvalue weighted by Crippen LogP contribution is 2.03. The largest absolute Gasteiger partial charge is 0.380 e. The Morgan fingerprint density at radius 2 is 2.27 bits per heavy atom. The van der Waals surface area contributed by atoms with Gasteiger partial charge >= 0.3 is 0 Å². The van der Waals surface area contributed by atoms with Crippen LogP contribution in [0.2, 0.25) is 0 Å². The molecule has 0 unspecified atom stereocenters. The van der Waals surface area contributed by atoms with Gasteiger partial charge < -0.3 is 10.1 Å². The lowest BCUT2D eigenvalue weighted by Crippen LogP contribution is -2.27. The molecule has 0 heterocycles. The zero-order chi connectivity index (χ0) is 11.1. The van der Waals surface area contributed by atoms with Gasteiger partial charge in [0.25, 0.3) is 5.91 Å². The third-order valence-electron chi connectivity index (χ3n) is 2.02. The van der Waals surface area contributed by atoms with E-state index in [0.29, 0.717) is 25.3 Å². The summed E-state index contributed by atoms with van der Waals surface area (Å²) in [5.41, 5.74) is 1.79. The molecule has 1 amide bonds. The number of carbonyl (C=O) groups is 1. The highest BCUT2D eigenvalue weighted by atomic mass is 16.5. The fourth-order valence-electron chi connectivity index (χ4n) is 1.27. The zero-order valence-electron chi connectivity index (χ0n) is 9.25. The van der Waals surface area contributed by atoms with E-state index in [9.17, 15) is 4.79 Å². The monoisotopic (exact) mass is 207 g/mol. The van der Waals surface area contributed by atoms with Crippen LogP contribution < -0.4 is 5.32 Å². The van der Waals surface area contributed by atoms with Gasteiger partial charge in [-0.3, -0.25) is 4.79 Å². The number of nitrogens with one attached hydrogen (secondary N) is 1. The van der Waals surface area contributed by atoms with Gasteiger partial charge in [-0.05, 0) is 26.0 Å². The van der Waals surface area contributed by atoms with Gasteiger partial charge in [0.2, 0.25) is 0 Å². The standard InChI is InChI=1S/C12H17NO2/c1-3-15-8-7-13-12(14)11-6-4-5-10(2)9-11/h4-6,9H,3,7-8H2,1-2H3,(H,13,14). The predicted octanol–water partition coefficient (Wildman–Crippen LogP) is 1.76. The number of hydrogen-bond donors (Lipinski definition) is 1. The minimum absolute atomic E-state index is 0.0431. The van der Waals surface area contributed by atoms with Crippen LogP contribution in [-0.4, -0.2) is 25.7 Å². The first-order valence-corrected chi connectivity index (χ1v) is 5.16. The van der Waals surface area contributed by atoms with Crippen LogP contribution in [0.15, 0.2) is 24.3 Å². The number of rotatable bonds is 5. The molecular formula is C12H17NO2. The van der Waals surface area contributed by atoms with Gasteiger partial charge in [0.15, 0.2) is 0 Å². The maximum absolute atomic E-state index is 11.6. The Bertz CT molecular complexity index is 323. The molecule has 3 nitrogen and oxygen atoms in total. The lowest BCUT2D eigenvalue weighted by atomic mass is 10.1. The van der Waals surface area contributed by atoms with E-state index in [4.69, 9.17) is 4.74 Å². The van der Waals surface area contributed by atoms with Crippen LogP contribution in [0.5, 0.6) is 0 Å². The zero-order valence-corrected chi connectivity index (χ0v) is 9.25. The lowest BCUT2D eigenvalue weighted by molar-refractivity contribution is 0.0922. The van der Waals surface area contributed by atoms with Crippen LogP contribution in [0.4, 0.5) is 0 Å². The van der Waals surface area contributed by atoms with Crippen LogP contribution >= 0.6 is 0 Å². The van der Waals surface area contributed by atoms with E-state index in [2.05, 4.69) is 5.32 Å². The Morgan fingerprint density at radius 1 is 1.47 bits per heavy atom. The molecule has 3 heteroatoms. The Kier molecular flexibility index (Phi) is 4.84. The van der Waals surface area contributed by atoms with Crippen molar-refractivity contribution in [2.24, 2.45) is 0 Å². The summed E-state index contributed by atoms with van der Waals surface area (Å²) in [6.07, 6.45) is 0. The quantitative estimate of drug-likeness (QED) is 0.747. The Hall–Kier alpha value is -1.35. The summed E-state index contributed by atoms with van der Waals surface area (Å²) < 4.78 is 5.13. The first kappa shape index (κ1) is 11.7. The van der Waals surface area contributed by atoms with E-state index in [-0.39, 0.29) is 5.91 Å². The normalized spacial score (nSPS) is 10.0. The van der Waals surface area contributed by atoms with E-state index in [1.165, 1.54) is 0 Å². The Balaban J connectivity index is 2.40. The molecule has 82 valence electrons. The molecule has 1 N–H and O–H groups in total. The van der Waals surface area contributed by atoms with Gasteiger partial charge in [-0.2, -0.15) is 0 Å².